The van der Waals surface area contributed by atoms with Crippen molar-refractivity contribution in [2.24, 2.45) is 0 Å². The van der Waals surface area contributed by atoms with Crippen LogP contribution in [-0.2, 0) is 4.74 Å². The molecule has 2 aliphatic rings. The minimum Gasteiger partial charge on any atom is -0.490 e. The molecule has 1 aromatic rings. The van der Waals surface area contributed by atoms with Gasteiger partial charge in [0.25, 0.3) is 0 Å². The van der Waals surface area contributed by atoms with Crippen molar-refractivity contribution in [2.75, 3.05) is 19.7 Å². The quantitative estimate of drug-likeness (QED) is 0.842. The van der Waals surface area contributed by atoms with Crippen LogP contribution in [-0.4, -0.2) is 25.8 Å². The fourth-order valence-corrected chi connectivity index (χ4v) is 1.92. The smallest absolute Gasteiger partial charge is 0.119 e. The van der Waals surface area contributed by atoms with E-state index in [-0.39, 0.29) is 6.10 Å². The maximum absolute atomic E-state index is 5.71. The molecule has 1 N–H and O–H groups in total. The van der Waals surface area contributed by atoms with Crippen LogP contribution in [0.25, 0.3) is 0 Å². The molecular weight excluding hydrogens is 202 g/mol. The van der Waals surface area contributed by atoms with Crippen LogP contribution in [0, 0.1) is 0 Å². The third-order valence-corrected chi connectivity index (χ3v) is 3.01. The molecule has 0 aromatic heterocycles. The van der Waals surface area contributed by atoms with Crippen LogP contribution < -0.4 is 10.1 Å². The second kappa shape index (κ2) is 4.44. The van der Waals surface area contributed by atoms with Crippen LogP contribution in [0.3, 0.4) is 0 Å². The number of benzene rings is 1. The van der Waals surface area contributed by atoms with E-state index in [1.54, 1.807) is 0 Å². The summed E-state index contributed by atoms with van der Waals surface area (Å²) in [4.78, 5) is 0. The lowest BCUT2D eigenvalue weighted by molar-refractivity contribution is 0.0277. The fraction of sp³-hybridized carbons (Fsp3) is 0.538. The van der Waals surface area contributed by atoms with Gasteiger partial charge in [0.05, 0.1) is 18.8 Å². The molecule has 1 aliphatic heterocycles. The van der Waals surface area contributed by atoms with Crippen LogP contribution in [0.1, 0.15) is 24.5 Å². The van der Waals surface area contributed by atoms with Crippen LogP contribution in [0.2, 0.25) is 0 Å². The first kappa shape index (κ1) is 10.1. The normalized spacial score (nSPS) is 25.4. The van der Waals surface area contributed by atoms with E-state index in [2.05, 4.69) is 17.4 Å². The first-order valence-electron chi connectivity index (χ1n) is 6.01. The van der Waals surface area contributed by atoms with Gasteiger partial charge in [-0.2, -0.15) is 0 Å². The number of hydrogen-bond acceptors (Lipinski definition) is 3. The Hall–Kier alpha value is -1.06. The minimum absolute atomic E-state index is 0.198. The molecule has 0 amide bonds. The molecule has 1 saturated heterocycles. The molecule has 0 bridgehead atoms. The Morgan fingerprint density at radius 2 is 2.00 bits per heavy atom. The highest BCUT2D eigenvalue weighted by molar-refractivity contribution is 5.29. The second-order valence-electron chi connectivity index (χ2n) is 4.45. The van der Waals surface area contributed by atoms with Crippen molar-refractivity contribution >= 4 is 0 Å². The van der Waals surface area contributed by atoms with Crippen molar-refractivity contribution < 1.29 is 9.47 Å². The molecule has 0 radical (unpaired) electrons. The van der Waals surface area contributed by atoms with Crippen LogP contribution in [0.4, 0.5) is 0 Å². The number of hydrogen-bond donors (Lipinski definition) is 1. The van der Waals surface area contributed by atoms with Crippen LogP contribution >= 0.6 is 0 Å². The molecule has 16 heavy (non-hydrogen) atoms. The fourth-order valence-electron chi connectivity index (χ4n) is 1.92. The standard InChI is InChI=1S/C13H17NO2/c1-3-11(16-12-5-6-12)4-2-10(1)13-9-14-7-8-15-13/h1-4,12-14H,5-9H2. The Morgan fingerprint density at radius 3 is 2.62 bits per heavy atom. The van der Waals surface area contributed by atoms with Gasteiger partial charge in [0.15, 0.2) is 0 Å². The zero-order valence-corrected chi connectivity index (χ0v) is 9.32. The monoisotopic (exact) mass is 219 g/mol. The van der Waals surface area contributed by atoms with Gasteiger partial charge < -0.3 is 14.8 Å². The summed E-state index contributed by atoms with van der Waals surface area (Å²) in [5.41, 5.74) is 1.23. The highest BCUT2D eigenvalue weighted by Gasteiger charge is 2.23. The molecule has 1 aromatic carbocycles. The van der Waals surface area contributed by atoms with Crippen LogP contribution in [0.15, 0.2) is 24.3 Å². The average molecular weight is 219 g/mol. The Balaban J connectivity index is 1.65. The predicted octanol–water partition coefficient (Wildman–Crippen LogP) is 1.89. The lowest BCUT2D eigenvalue weighted by Gasteiger charge is -2.24. The highest BCUT2D eigenvalue weighted by atomic mass is 16.5. The predicted molar refractivity (Wildman–Crippen MR) is 61.7 cm³/mol. The van der Waals surface area contributed by atoms with E-state index < -0.39 is 0 Å². The molecule has 86 valence electrons. The van der Waals surface area contributed by atoms with Gasteiger partial charge in [0.1, 0.15) is 5.75 Å². The van der Waals surface area contributed by atoms with Crippen LogP contribution in [0.5, 0.6) is 5.75 Å². The molecule has 3 nitrogen and oxygen atoms in total. The summed E-state index contributed by atoms with van der Waals surface area (Å²) in [6.07, 6.45) is 3.08. The molecular formula is C13H17NO2. The Bertz CT molecular complexity index is 339. The van der Waals surface area contributed by atoms with E-state index in [0.29, 0.717) is 6.10 Å². The summed E-state index contributed by atoms with van der Waals surface area (Å²) in [5, 5.41) is 3.33. The van der Waals surface area contributed by atoms with Gasteiger partial charge in [0.2, 0.25) is 0 Å². The maximum atomic E-state index is 5.71. The minimum atomic E-state index is 0.198. The maximum Gasteiger partial charge on any atom is 0.119 e. The molecule has 2 fully saturated rings. The van der Waals surface area contributed by atoms with E-state index in [1.165, 1.54) is 18.4 Å². The zero-order valence-electron chi connectivity index (χ0n) is 9.32. The summed E-state index contributed by atoms with van der Waals surface area (Å²) in [6, 6.07) is 8.31. The number of rotatable bonds is 3. The third-order valence-electron chi connectivity index (χ3n) is 3.01. The van der Waals surface area contributed by atoms with Gasteiger partial charge in [-0.3, -0.25) is 0 Å². The van der Waals surface area contributed by atoms with E-state index >= 15 is 0 Å². The van der Waals surface area contributed by atoms with E-state index in [0.717, 1.165) is 25.4 Å². The van der Waals surface area contributed by atoms with E-state index in [1.807, 2.05) is 12.1 Å². The van der Waals surface area contributed by atoms with Crippen molar-refractivity contribution in [3.63, 3.8) is 0 Å². The average Bonchev–Trinajstić information content (AvgIpc) is 3.15. The van der Waals surface area contributed by atoms with Gasteiger partial charge in [-0.1, -0.05) is 12.1 Å². The van der Waals surface area contributed by atoms with Crippen molar-refractivity contribution in [3.05, 3.63) is 29.8 Å². The lowest BCUT2D eigenvalue weighted by Crippen LogP contribution is -2.33. The van der Waals surface area contributed by atoms with Crippen molar-refractivity contribution in [3.8, 4) is 5.75 Å². The van der Waals surface area contributed by atoms with Crippen molar-refractivity contribution in [2.45, 2.75) is 25.0 Å². The molecule has 3 heteroatoms. The number of nitrogens with one attached hydrogen (secondary N) is 1. The third kappa shape index (κ3) is 2.36. The Kier molecular flexibility index (Phi) is 2.80. The Labute approximate surface area is 95.8 Å². The first-order chi connectivity index (χ1) is 7.92. The van der Waals surface area contributed by atoms with Gasteiger partial charge in [-0.05, 0) is 30.5 Å². The summed E-state index contributed by atoms with van der Waals surface area (Å²) in [6.45, 7) is 2.66. The van der Waals surface area contributed by atoms with Gasteiger partial charge in [-0.15, -0.1) is 0 Å². The summed E-state index contributed by atoms with van der Waals surface area (Å²) in [5.74, 6) is 0.981. The molecule has 1 heterocycles. The molecule has 0 spiro atoms. The molecule has 3 rings (SSSR count). The number of morpholine rings is 1. The largest absolute Gasteiger partial charge is 0.490 e. The summed E-state index contributed by atoms with van der Waals surface area (Å²) < 4.78 is 11.4. The SMILES string of the molecule is c1cc(C2CNCCO2)ccc1OC1CC1. The number of ether oxygens (including phenoxy) is 2. The molecule has 1 saturated carbocycles. The zero-order chi connectivity index (χ0) is 10.8. The van der Waals surface area contributed by atoms with Crippen molar-refractivity contribution in [1.29, 1.82) is 0 Å². The van der Waals surface area contributed by atoms with Crippen molar-refractivity contribution in [1.82, 2.24) is 5.32 Å². The van der Waals surface area contributed by atoms with Gasteiger partial charge in [-0.25, -0.2) is 0 Å². The second-order valence-corrected chi connectivity index (χ2v) is 4.45. The first-order valence-corrected chi connectivity index (χ1v) is 6.01. The highest BCUT2D eigenvalue weighted by Crippen LogP contribution is 2.28. The summed E-state index contributed by atoms with van der Waals surface area (Å²) in [7, 11) is 0. The van der Waals surface area contributed by atoms with Gasteiger partial charge >= 0.3 is 0 Å². The Morgan fingerprint density at radius 1 is 1.19 bits per heavy atom. The molecule has 1 unspecified atom stereocenters. The lowest BCUT2D eigenvalue weighted by atomic mass is 10.1. The molecule has 1 atom stereocenters. The summed E-state index contributed by atoms with van der Waals surface area (Å²) >= 11 is 0. The van der Waals surface area contributed by atoms with E-state index in [4.69, 9.17) is 9.47 Å². The molecule has 1 aliphatic carbocycles. The van der Waals surface area contributed by atoms with Gasteiger partial charge in [0, 0.05) is 13.1 Å². The topological polar surface area (TPSA) is 30.5 Å². The van der Waals surface area contributed by atoms with E-state index in [9.17, 15) is 0 Å².